The number of ether oxygens (including phenoxy) is 1. The van der Waals surface area contributed by atoms with Gasteiger partial charge in [0.25, 0.3) is 0 Å². The van der Waals surface area contributed by atoms with E-state index in [4.69, 9.17) is 16.3 Å². The molecule has 4 heterocycles. The van der Waals surface area contributed by atoms with Gasteiger partial charge in [-0.2, -0.15) is 0 Å². The summed E-state index contributed by atoms with van der Waals surface area (Å²) in [6.07, 6.45) is 5.62. The van der Waals surface area contributed by atoms with Crippen LogP contribution in [0.1, 0.15) is 31.4 Å². The van der Waals surface area contributed by atoms with Gasteiger partial charge in [0.1, 0.15) is 5.75 Å². The van der Waals surface area contributed by atoms with Crippen molar-refractivity contribution in [2.75, 3.05) is 26.1 Å². The highest BCUT2D eigenvalue weighted by Gasteiger charge is 2.42. The fraction of sp³-hybridized carbons (Fsp3) is 0.500. The van der Waals surface area contributed by atoms with Crippen molar-refractivity contribution in [3.05, 3.63) is 48.7 Å². The summed E-state index contributed by atoms with van der Waals surface area (Å²) in [6.45, 7) is 7.96. The molecule has 5 heteroatoms. The molecule has 0 spiro atoms. The standard InChI is InChI=1S/C20H24N2O2.C2H5Cl/c1-3-13-12-22-9-7-14(13)10-19(22)20(23)16-6-8-21-18-5-4-15(24-2)11-17(16)18;1-2-3/h3-6,8,11,13-14,19-20,23H,1,7,9-10,12H2,2H3;2H2,1H3/t13-,14-,19-,20+;/m0./s1. The average Bonchev–Trinajstić information content (AvgIpc) is 2.73. The van der Waals surface area contributed by atoms with Crippen molar-refractivity contribution in [2.24, 2.45) is 11.8 Å². The van der Waals surface area contributed by atoms with Crippen LogP contribution in [-0.2, 0) is 0 Å². The summed E-state index contributed by atoms with van der Waals surface area (Å²) >= 11 is 5.00. The predicted octanol–water partition coefficient (Wildman–Crippen LogP) is 4.42. The highest BCUT2D eigenvalue weighted by molar-refractivity contribution is 6.17. The van der Waals surface area contributed by atoms with E-state index in [9.17, 15) is 5.11 Å². The Labute approximate surface area is 166 Å². The van der Waals surface area contributed by atoms with Gasteiger partial charge in [0.15, 0.2) is 0 Å². The Morgan fingerprint density at radius 2 is 2.22 bits per heavy atom. The maximum atomic E-state index is 11.2. The van der Waals surface area contributed by atoms with E-state index in [1.165, 1.54) is 6.42 Å². The predicted molar refractivity (Wildman–Crippen MR) is 111 cm³/mol. The molecule has 4 nitrogen and oxygen atoms in total. The van der Waals surface area contributed by atoms with E-state index in [0.29, 0.717) is 11.8 Å². The maximum Gasteiger partial charge on any atom is 0.119 e. The van der Waals surface area contributed by atoms with E-state index in [2.05, 4.69) is 22.5 Å². The third kappa shape index (κ3) is 4.13. The van der Waals surface area contributed by atoms with Crippen molar-refractivity contribution in [3.63, 3.8) is 0 Å². The van der Waals surface area contributed by atoms with Crippen molar-refractivity contribution in [3.8, 4) is 5.75 Å². The molecule has 5 rings (SSSR count). The lowest BCUT2D eigenvalue weighted by atomic mass is 9.73. The van der Waals surface area contributed by atoms with Crippen LogP contribution in [0.25, 0.3) is 10.9 Å². The zero-order valence-electron chi connectivity index (χ0n) is 16.1. The third-order valence-electron chi connectivity index (χ3n) is 5.82. The first-order chi connectivity index (χ1) is 13.1. The molecule has 0 radical (unpaired) electrons. The topological polar surface area (TPSA) is 45.6 Å². The van der Waals surface area contributed by atoms with Crippen molar-refractivity contribution in [1.82, 2.24) is 9.88 Å². The van der Waals surface area contributed by atoms with Crippen molar-refractivity contribution in [2.45, 2.75) is 31.9 Å². The highest BCUT2D eigenvalue weighted by atomic mass is 35.5. The van der Waals surface area contributed by atoms with E-state index in [1.54, 1.807) is 13.3 Å². The number of aromatic nitrogens is 1. The van der Waals surface area contributed by atoms with E-state index < -0.39 is 6.10 Å². The molecule has 146 valence electrons. The van der Waals surface area contributed by atoms with Gasteiger partial charge in [0.05, 0.1) is 18.7 Å². The molecule has 1 unspecified atom stereocenters. The number of pyridine rings is 1. The largest absolute Gasteiger partial charge is 0.497 e. The molecule has 3 aliphatic rings. The van der Waals surface area contributed by atoms with E-state index in [-0.39, 0.29) is 6.04 Å². The van der Waals surface area contributed by atoms with Gasteiger partial charge in [-0.05, 0) is 61.1 Å². The molecule has 2 bridgehead atoms. The maximum absolute atomic E-state index is 11.2. The number of alkyl halides is 1. The number of benzene rings is 1. The summed E-state index contributed by atoms with van der Waals surface area (Å²) in [4.78, 5) is 6.86. The first-order valence-electron chi connectivity index (χ1n) is 9.66. The zero-order chi connectivity index (χ0) is 19.4. The van der Waals surface area contributed by atoms with Crippen molar-refractivity contribution < 1.29 is 9.84 Å². The van der Waals surface area contributed by atoms with Crippen LogP contribution in [0.5, 0.6) is 5.75 Å². The van der Waals surface area contributed by atoms with Crippen LogP contribution >= 0.6 is 11.6 Å². The Hall–Kier alpha value is -1.62. The number of rotatable bonds is 4. The van der Waals surface area contributed by atoms with Crippen LogP contribution in [-0.4, -0.2) is 47.1 Å². The molecule has 3 fully saturated rings. The van der Waals surface area contributed by atoms with Gasteiger partial charge in [-0.25, -0.2) is 0 Å². The Balaban J connectivity index is 0.000000659. The summed E-state index contributed by atoms with van der Waals surface area (Å²) in [5, 5.41) is 12.1. The second-order valence-electron chi connectivity index (χ2n) is 7.24. The Morgan fingerprint density at radius 1 is 1.44 bits per heavy atom. The van der Waals surface area contributed by atoms with Gasteiger partial charge in [0, 0.05) is 30.0 Å². The molecule has 1 aromatic heterocycles. The molecule has 0 amide bonds. The van der Waals surface area contributed by atoms with Gasteiger partial charge in [-0.15, -0.1) is 18.2 Å². The molecule has 1 N–H and O–H groups in total. The molecular formula is C22H29ClN2O2. The molecule has 0 aliphatic carbocycles. The lowest BCUT2D eigenvalue weighted by molar-refractivity contribution is -0.0444. The number of hydrogen-bond donors (Lipinski definition) is 1. The molecule has 3 aliphatic heterocycles. The fourth-order valence-corrected chi connectivity index (χ4v) is 4.44. The van der Waals surface area contributed by atoms with Crippen LogP contribution in [0.2, 0.25) is 0 Å². The molecule has 2 aromatic rings. The number of methoxy groups -OCH3 is 1. The first-order valence-corrected chi connectivity index (χ1v) is 10.2. The van der Waals surface area contributed by atoms with E-state index in [1.807, 2.05) is 31.2 Å². The number of nitrogens with zero attached hydrogens (tertiary/aromatic N) is 2. The summed E-state index contributed by atoms with van der Waals surface area (Å²) < 4.78 is 5.35. The van der Waals surface area contributed by atoms with Crippen molar-refractivity contribution >= 4 is 22.5 Å². The SMILES string of the molecule is C=C[C@H]1CN2CC[C@H]1C[C@H]2[C@H](O)c1ccnc2ccc(OC)cc12.CCCl. The second-order valence-corrected chi connectivity index (χ2v) is 7.78. The molecule has 5 atom stereocenters. The Bertz CT molecular complexity index is 782. The fourth-order valence-electron chi connectivity index (χ4n) is 4.44. The Morgan fingerprint density at radius 3 is 2.85 bits per heavy atom. The van der Waals surface area contributed by atoms with Crippen LogP contribution in [0.3, 0.4) is 0 Å². The molecule has 1 aromatic carbocycles. The second kappa shape index (κ2) is 9.05. The number of fused-ring (bicyclic) bond motifs is 4. The molecule has 3 saturated heterocycles. The minimum absolute atomic E-state index is 0.178. The normalized spacial score (nSPS) is 27.6. The monoisotopic (exact) mass is 388 g/mol. The zero-order valence-corrected chi connectivity index (χ0v) is 16.9. The summed E-state index contributed by atoms with van der Waals surface area (Å²) in [5.74, 6) is 2.73. The molecule has 27 heavy (non-hydrogen) atoms. The number of aliphatic hydroxyl groups is 1. The number of piperidine rings is 3. The first kappa shape index (κ1) is 20.1. The molecular weight excluding hydrogens is 360 g/mol. The number of hydrogen-bond acceptors (Lipinski definition) is 4. The summed E-state index contributed by atoms with van der Waals surface area (Å²) in [5.41, 5.74) is 1.85. The summed E-state index contributed by atoms with van der Waals surface area (Å²) in [7, 11) is 1.66. The minimum Gasteiger partial charge on any atom is -0.497 e. The smallest absolute Gasteiger partial charge is 0.119 e. The van der Waals surface area contributed by atoms with E-state index >= 15 is 0 Å². The quantitative estimate of drug-likeness (QED) is 0.622. The Kier molecular flexibility index (Phi) is 6.74. The highest BCUT2D eigenvalue weighted by Crippen LogP contribution is 2.42. The van der Waals surface area contributed by atoms with E-state index in [0.717, 1.165) is 47.6 Å². The third-order valence-corrected chi connectivity index (χ3v) is 5.82. The van der Waals surface area contributed by atoms with Gasteiger partial charge in [0.2, 0.25) is 0 Å². The van der Waals surface area contributed by atoms with Crippen LogP contribution < -0.4 is 4.74 Å². The van der Waals surface area contributed by atoms with Gasteiger partial charge >= 0.3 is 0 Å². The van der Waals surface area contributed by atoms with Gasteiger partial charge < -0.3 is 9.84 Å². The average molecular weight is 389 g/mol. The van der Waals surface area contributed by atoms with Crippen LogP contribution in [0.15, 0.2) is 43.1 Å². The number of halogens is 1. The van der Waals surface area contributed by atoms with Crippen molar-refractivity contribution in [1.29, 1.82) is 0 Å². The number of aliphatic hydroxyl groups excluding tert-OH is 1. The van der Waals surface area contributed by atoms with Gasteiger partial charge in [-0.3, -0.25) is 9.88 Å². The van der Waals surface area contributed by atoms with Crippen LogP contribution in [0, 0.1) is 11.8 Å². The van der Waals surface area contributed by atoms with Gasteiger partial charge in [-0.1, -0.05) is 13.0 Å². The lowest BCUT2D eigenvalue weighted by Gasteiger charge is -2.50. The summed E-state index contributed by atoms with van der Waals surface area (Å²) in [6, 6.07) is 7.96. The molecule has 0 saturated carbocycles. The lowest BCUT2D eigenvalue weighted by Crippen LogP contribution is -2.54. The van der Waals surface area contributed by atoms with Crippen LogP contribution in [0.4, 0.5) is 0 Å². The minimum atomic E-state index is -0.504.